The zero-order valence-electron chi connectivity index (χ0n) is 20.0. The third-order valence-electron chi connectivity index (χ3n) is 5.91. The molecule has 1 aliphatic rings. The molecule has 1 heterocycles. The van der Waals surface area contributed by atoms with Crippen LogP contribution < -0.4 is 5.32 Å². The highest BCUT2D eigenvalue weighted by Gasteiger charge is 2.42. The van der Waals surface area contributed by atoms with Gasteiger partial charge in [-0.25, -0.2) is 4.79 Å². The highest BCUT2D eigenvalue weighted by molar-refractivity contribution is 5.88. The van der Waals surface area contributed by atoms with E-state index in [2.05, 4.69) is 5.32 Å². The monoisotopic (exact) mass is 480 g/mol. The Morgan fingerprint density at radius 1 is 0.971 bits per heavy atom. The number of carboxylic acids is 1. The van der Waals surface area contributed by atoms with Crippen molar-refractivity contribution in [1.82, 2.24) is 10.2 Å². The van der Waals surface area contributed by atoms with Crippen molar-refractivity contribution >= 4 is 17.8 Å². The van der Waals surface area contributed by atoms with Gasteiger partial charge in [-0.1, -0.05) is 68.4 Å². The second kappa shape index (κ2) is 12.2. The average molecular weight is 481 g/mol. The molecule has 3 atom stereocenters. The summed E-state index contributed by atoms with van der Waals surface area (Å²) in [7, 11) is 0. The fraction of sp³-hybridized carbons (Fsp3) is 0.370. The molecule has 8 nitrogen and oxygen atoms in total. The van der Waals surface area contributed by atoms with E-state index in [-0.39, 0.29) is 12.3 Å². The number of hydrogen-bond donors (Lipinski definition) is 3. The Bertz CT molecular complexity index is 1050. The van der Waals surface area contributed by atoms with E-state index < -0.39 is 35.9 Å². The molecule has 2 amide bonds. The number of aliphatic hydroxyl groups excluding tert-OH is 1. The van der Waals surface area contributed by atoms with Gasteiger partial charge in [-0.05, 0) is 35.6 Å². The number of aliphatic carboxylic acids is 1. The Balaban J connectivity index is 1.74. The zero-order chi connectivity index (χ0) is 25.4. The molecular formula is C27H32N2O6. The lowest BCUT2D eigenvalue weighted by molar-refractivity contribution is -0.152. The lowest BCUT2D eigenvalue weighted by Gasteiger charge is -2.36. The highest BCUT2D eigenvalue weighted by atomic mass is 16.5. The Morgan fingerprint density at radius 3 is 2.23 bits per heavy atom. The van der Waals surface area contributed by atoms with Gasteiger partial charge in [0.05, 0.1) is 0 Å². The smallest absolute Gasteiger partial charge is 0.370 e. The van der Waals surface area contributed by atoms with E-state index in [9.17, 15) is 24.6 Å². The van der Waals surface area contributed by atoms with Gasteiger partial charge >= 0.3 is 5.97 Å². The maximum Gasteiger partial charge on any atom is 0.370 e. The molecule has 0 spiro atoms. The molecule has 0 fully saturated rings. The van der Waals surface area contributed by atoms with E-state index in [0.29, 0.717) is 25.9 Å². The van der Waals surface area contributed by atoms with Gasteiger partial charge in [0, 0.05) is 19.5 Å². The molecule has 0 saturated heterocycles. The standard InChI is InChI=1S/C27H32N2O6/c1-3-15-29(16-14-18-10-12-20(13-11-18)19-8-6-5-7-9-19)26(32)25-24(28-23(31)4-2)21(30)17-22(35-25)27(33)34/h5-13,17,21,24-25,30H,3-4,14-16H2,1-2H3,(H,28,31)(H,33,34)/t21-,24-,25-/m1/s1. The summed E-state index contributed by atoms with van der Waals surface area (Å²) in [4.78, 5) is 38.5. The Labute approximate surface area is 205 Å². The quantitative estimate of drug-likeness (QED) is 0.482. The van der Waals surface area contributed by atoms with Crippen molar-refractivity contribution < 1.29 is 29.3 Å². The number of nitrogens with one attached hydrogen (secondary N) is 1. The van der Waals surface area contributed by atoms with Crippen molar-refractivity contribution in [1.29, 1.82) is 0 Å². The predicted octanol–water partition coefficient (Wildman–Crippen LogP) is 2.76. The molecule has 2 aromatic rings. The van der Waals surface area contributed by atoms with Crippen LogP contribution in [0.5, 0.6) is 0 Å². The fourth-order valence-electron chi connectivity index (χ4n) is 4.00. The summed E-state index contributed by atoms with van der Waals surface area (Å²) >= 11 is 0. The van der Waals surface area contributed by atoms with Crippen LogP contribution in [-0.2, 0) is 25.5 Å². The summed E-state index contributed by atoms with van der Waals surface area (Å²) in [6, 6.07) is 17.1. The molecule has 8 heteroatoms. The van der Waals surface area contributed by atoms with Crippen LogP contribution in [0.1, 0.15) is 32.3 Å². The van der Waals surface area contributed by atoms with Crippen LogP contribution in [0.3, 0.4) is 0 Å². The molecule has 3 rings (SSSR count). The number of carboxylic acid groups (broad SMARTS) is 1. The van der Waals surface area contributed by atoms with Gasteiger partial charge in [0.15, 0.2) is 6.10 Å². The van der Waals surface area contributed by atoms with Crippen LogP contribution in [-0.4, -0.2) is 64.2 Å². The molecule has 0 aliphatic carbocycles. The third kappa shape index (κ3) is 6.70. The number of ether oxygens (including phenoxy) is 1. The number of carbonyl (C=O) groups excluding carboxylic acids is 2. The fourth-order valence-corrected chi connectivity index (χ4v) is 4.00. The van der Waals surface area contributed by atoms with Gasteiger partial charge in [0.25, 0.3) is 5.91 Å². The van der Waals surface area contributed by atoms with Crippen molar-refractivity contribution in [2.45, 2.75) is 51.4 Å². The zero-order valence-corrected chi connectivity index (χ0v) is 20.0. The lowest BCUT2D eigenvalue weighted by Crippen LogP contribution is -2.59. The van der Waals surface area contributed by atoms with Crippen molar-refractivity contribution in [3.05, 3.63) is 72.0 Å². The Morgan fingerprint density at radius 2 is 1.63 bits per heavy atom. The van der Waals surface area contributed by atoms with Crippen LogP contribution in [0.2, 0.25) is 0 Å². The van der Waals surface area contributed by atoms with E-state index in [1.165, 1.54) is 0 Å². The van der Waals surface area contributed by atoms with Crippen molar-refractivity contribution in [2.24, 2.45) is 0 Å². The molecule has 186 valence electrons. The molecule has 0 radical (unpaired) electrons. The maximum atomic E-state index is 13.5. The van der Waals surface area contributed by atoms with Crippen LogP contribution in [0, 0.1) is 0 Å². The molecule has 2 aromatic carbocycles. The van der Waals surface area contributed by atoms with Crippen molar-refractivity contribution in [2.75, 3.05) is 13.1 Å². The van der Waals surface area contributed by atoms with Gasteiger partial charge in [-0.2, -0.15) is 0 Å². The van der Waals surface area contributed by atoms with Gasteiger partial charge in [0.1, 0.15) is 12.1 Å². The molecule has 1 aliphatic heterocycles. The first-order valence-electron chi connectivity index (χ1n) is 11.9. The molecule has 0 unspecified atom stereocenters. The number of nitrogens with zero attached hydrogens (tertiary/aromatic N) is 1. The molecule has 0 saturated carbocycles. The van der Waals surface area contributed by atoms with Gasteiger partial charge in [-0.15, -0.1) is 0 Å². The molecule has 0 aromatic heterocycles. The Kier molecular flexibility index (Phi) is 9.03. The predicted molar refractivity (Wildman–Crippen MR) is 131 cm³/mol. The molecular weight excluding hydrogens is 448 g/mol. The number of hydrogen-bond acceptors (Lipinski definition) is 5. The van der Waals surface area contributed by atoms with Gasteiger partial charge in [0.2, 0.25) is 11.7 Å². The molecule has 3 N–H and O–H groups in total. The van der Waals surface area contributed by atoms with Crippen LogP contribution in [0.25, 0.3) is 11.1 Å². The SMILES string of the molecule is CCCN(CCc1ccc(-c2ccccc2)cc1)C(=O)[C@@H]1OC(C(=O)O)=C[C@@H](O)[C@H]1NC(=O)CC. The average Bonchev–Trinajstić information content (AvgIpc) is 2.87. The second-order valence-corrected chi connectivity index (χ2v) is 8.45. The van der Waals surface area contributed by atoms with Gasteiger partial charge in [-0.3, -0.25) is 9.59 Å². The first-order chi connectivity index (χ1) is 16.8. The summed E-state index contributed by atoms with van der Waals surface area (Å²) in [5.74, 6) is -2.74. The number of benzene rings is 2. The van der Waals surface area contributed by atoms with E-state index in [0.717, 1.165) is 22.8 Å². The first kappa shape index (κ1) is 26.0. The summed E-state index contributed by atoms with van der Waals surface area (Å²) in [5, 5.41) is 22.4. The number of carbonyl (C=O) groups is 3. The summed E-state index contributed by atoms with van der Waals surface area (Å²) < 4.78 is 5.48. The minimum Gasteiger partial charge on any atom is -0.475 e. The second-order valence-electron chi connectivity index (χ2n) is 8.45. The third-order valence-corrected chi connectivity index (χ3v) is 5.91. The summed E-state index contributed by atoms with van der Waals surface area (Å²) in [6.07, 6.45) is -0.287. The lowest BCUT2D eigenvalue weighted by atomic mass is 9.98. The topological polar surface area (TPSA) is 116 Å². The summed E-state index contributed by atoms with van der Waals surface area (Å²) in [5.41, 5.74) is 3.27. The van der Waals surface area contributed by atoms with E-state index in [1.807, 2.05) is 61.5 Å². The van der Waals surface area contributed by atoms with Crippen molar-refractivity contribution in [3.8, 4) is 11.1 Å². The van der Waals surface area contributed by atoms with E-state index in [4.69, 9.17) is 4.74 Å². The van der Waals surface area contributed by atoms with Crippen LogP contribution >= 0.6 is 0 Å². The van der Waals surface area contributed by atoms with Crippen LogP contribution in [0.4, 0.5) is 0 Å². The highest BCUT2D eigenvalue weighted by Crippen LogP contribution is 2.22. The molecule has 35 heavy (non-hydrogen) atoms. The number of rotatable bonds is 10. The minimum absolute atomic E-state index is 0.150. The normalized spacial score (nSPS) is 19.3. The van der Waals surface area contributed by atoms with Crippen molar-refractivity contribution in [3.63, 3.8) is 0 Å². The maximum absolute atomic E-state index is 13.5. The first-order valence-corrected chi connectivity index (χ1v) is 11.9. The summed E-state index contributed by atoms with van der Waals surface area (Å²) in [6.45, 7) is 4.39. The number of aliphatic hydroxyl groups is 1. The number of amides is 2. The van der Waals surface area contributed by atoms with Gasteiger partial charge < -0.3 is 25.2 Å². The minimum atomic E-state index is -1.39. The van der Waals surface area contributed by atoms with Crippen LogP contribution in [0.15, 0.2) is 66.4 Å². The molecule has 0 bridgehead atoms. The van der Waals surface area contributed by atoms with E-state index >= 15 is 0 Å². The van der Waals surface area contributed by atoms with E-state index in [1.54, 1.807) is 11.8 Å². The Hall–Kier alpha value is -3.65. The largest absolute Gasteiger partial charge is 0.475 e.